The lowest BCUT2D eigenvalue weighted by atomic mass is 10.0. The molecule has 0 radical (unpaired) electrons. The summed E-state index contributed by atoms with van der Waals surface area (Å²) in [7, 11) is 2.23. The Morgan fingerprint density at radius 3 is 2.48 bits per heavy atom. The minimum atomic E-state index is 0.113. The SMILES string of the molecule is CSc1ccc(OC(CC2CCCN2C)c2ccccc2)cc1. The van der Waals surface area contributed by atoms with E-state index in [-0.39, 0.29) is 6.10 Å². The summed E-state index contributed by atoms with van der Waals surface area (Å²) >= 11 is 1.76. The number of hydrogen-bond acceptors (Lipinski definition) is 3. The van der Waals surface area contributed by atoms with E-state index in [0.717, 1.165) is 12.2 Å². The molecule has 3 rings (SSSR count). The van der Waals surface area contributed by atoms with E-state index in [1.807, 2.05) is 0 Å². The van der Waals surface area contributed by atoms with Gasteiger partial charge in [0.1, 0.15) is 11.9 Å². The van der Waals surface area contributed by atoms with E-state index in [1.165, 1.54) is 29.8 Å². The molecule has 2 aromatic carbocycles. The summed E-state index contributed by atoms with van der Waals surface area (Å²) in [4.78, 5) is 3.74. The summed E-state index contributed by atoms with van der Waals surface area (Å²) in [5.41, 5.74) is 1.27. The Balaban J connectivity index is 1.76. The van der Waals surface area contributed by atoms with E-state index in [0.29, 0.717) is 6.04 Å². The van der Waals surface area contributed by atoms with E-state index in [1.54, 1.807) is 11.8 Å². The van der Waals surface area contributed by atoms with Crippen molar-refractivity contribution in [3.8, 4) is 5.75 Å². The van der Waals surface area contributed by atoms with E-state index in [2.05, 4.69) is 72.8 Å². The standard InChI is InChI=1S/C20H25NOS/c1-21-14-6-9-17(21)15-20(16-7-4-3-5-8-16)22-18-10-12-19(23-2)13-11-18/h3-5,7-8,10-13,17,20H,6,9,14-15H2,1-2H3. The van der Waals surface area contributed by atoms with Gasteiger partial charge in [0.05, 0.1) is 0 Å². The Morgan fingerprint density at radius 2 is 1.87 bits per heavy atom. The lowest BCUT2D eigenvalue weighted by molar-refractivity contribution is 0.152. The van der Waals surface area contributed by atoms with Crippen LogP contribution in [0.5, 0.6) is 5.75 Å². The van der Waals surface area contributed by atoms with Gasteiger partial charge in [-0.05, 0) is 62.5 Å². The van der Waals surface area contributed by atoms with Crippen LogP contribution in [0.1, 0.15) is 30.9 Å². The molecule has 122 valence electrons. The van der Waals surface area contributed by atoms with Crippen molar-refractivity contribution >= 4 is 11.8 Å². The normalized spacial score (nSPS) is 19.7. The number of rotatable bonds is 6. The Hall–Kier alpha value is -1.45. The fraction of sp³-hybridized carbons (Fsp3) is 0.400. The van der Waals surface area contributed by atoms with Gasteiger partial charge in [-0.1, -0.05) is 30.3 Å². The average molecular weight is 327 g/mol. The van der Waals surface area contributed by atoms with Crippen molar-refractivity contribution in [1.29, 1.82) is 0 Å². The van der Waals surface area contributed by atoms with Crippen LogP contribution in [-0.4, -0.2) is 30.8 Å². The smallest absolute Gasteiger partial charge is 0.125 e. The van der Waals surface area contributed by atoms with Gasteiger partial charge in [0.15, 0.2) is 0 Å². The van der Waals surface area contributed by atoms with Crippen molar-refractivity contribution in [3.05, 3.63) is 60.2 Å². The molecular weight excluding hydrogens is 302 g/mol. The molecule has 3 heteroatoms. The average Bonchev–Trinajstić information content (AvgIpc) is 3.00. The maximum absolute atomic E-state index is 6.37. The van der Waals surface area contributed by atoms with Gasteiger partial charge in [-0.15, -0.1) is 11.8 Å². The highest BCUT2D eigenvalue weighted by Gasteiger charge is 2.26. The highest BCUT2D eigenvalue weighted by Crippen LogP contribution is 2.31. The molecule has 0 saturated carbocycles. The Labute approximate surface area is 143 Å². The third-order valence-electron chi connectivity index (χ3n) is 4.67. The van der Waals surface area contributed by atoms with Gasteiger partial charge in [-0.3, -0.25) is 0 Å². The van der Waals surface area contributed by atoms with Crippen LogP contribution in [0.25, 0.3) is 0 Å². The first-order valence-corrected chi connectivity index (χ1v) is 9.54. The number of likely N-dealkylation sites (tertiary alicyclic amines) is 1. The molecule has 23 heavy (non-hydrogen) atoms. The van der Waals surface area contributed by atoms with Gasteiger partial charge in [-0.25, -0.2) is 0 Å². The molecule has 0 aliphatic carbocycles. The second kappa shape index (κ2) is 7.89. The van der Waals surface area contributed by atoms with Gasteiger partial charge >= 0.3 is 0 Å². The number of ether oxygens (including phenoxy) is 1. The first kappa shape index (κ1) is 16.4. The first-order valence-electron chi connectivity index (χ1n) is 8.32. The molecule has 1 saturated heterocycles. The van der Waals surface area contributed by atoms with Crippen LogP contribution in [0.4, 0.5) is 0 Å². The lowest BCUT2D eigenvalue weighted by Gasteiger charge is -2.26. The number of benzene rings is 2. The van der Waals surface area contributed by atoms with Crippen molar-refractivity contribution in [2.75, 3.05) is 19.8 Å². The van der Waals surface area contributed by atoms with E-state index >= 15 is 0 Å². The zero-order chi connectivity index (χ0) is 16.1. The molecular formula is C20H25NOS. The Bertz CT molecular complexity index is 599. The van der Waals surface area contributed by atoms with Crippen LogP contribution in [0.15, 0.2) is 59.5 Å². The molecule has 0 bridgehead atoms. The van der Waals surface area contributed by atoms with Crippen LogP contribution in [0.2, 0.25) is 0 Å². The molecule has 1 heterocycles. The van der Waals surface area contributed by atoms with E-state index < -0.39 is 0 Å². The van der Waals surface area contributed by atoms with Crippen molar-refractivity contribution in [2.24, 2.45) is 0 Å². The topological polar surface area (TPSA) is 12.5 Å². The summed E-state index contributed by atoms with van der Waals surface area (Å²) in [5.74, 6) is 0.956. The van der Waals surface area contributed by atoms with Gasteiger partial charge in [0.2, 0.25) is 0 Å². The highest BCUT2D eigenvalue weighted by atomic mass is 32.2. The molecule has 1 aliphatic rings. The molecule has 2 unspecified atom stereocenters. The number of thioether (sulfide) groups is 1. The molecule has 0 amide bonds. The maximum Gasteiger partial charge on any atom is 0.125 e. The molecule has 0 aromatic heterocycles. The summed E-state index contributed by atoms with van der Waals surface area (Å²) < 4.78 is 6.37. The second-order valence-electron chi connectivity index (χ2n) is 6.21. The minimum absolute atomic E-state index is 0.113. The van der Waals surface area contributed by atoms with Crippen LogP contribution >= 0.6 is 11.8 Å². The van der Waals surface area contributed by atoms with Gasteiger partial charge in [0, 0.05) is 17.4 Å². The van der Waals surface area contributed by atoms with Crippen molar-refractivity contribution in [1.82, 2.24) is 4.90 Å². The fourth-order valence-electron chi connectivity index (χ4n) is 3.26. The zero-order valence-electron chi connectivity index (χ0n) is 13.9. The fourth-order valence-corrected chi connectivity index (χ4v) is 3.67. The first-order chi connectivity index (χ1) is 11.3. The summed E-state index contributed by atoms with van der Waals surface area (Å²) in [6.45, 7) is 1.20. The second-order valence-corrected chi connectivity index (χ2v) is 7.08. The van der Waals surface area contributed by atoms with Gasteiger partial charge < -0.3 is 9.64 Å². The van der Waals surface area contributed by atoms with Crippen LogP contribution in [0.3, 0.4) is 0 Å². The molecule has 2 atom stereocenters. The van der Waals surface area contributed by atoms with E-state index in [9.17, 15) is 0 Å². The summed E-state index contributed by atoms with van der Waals surface area (Å²) in [6.07, 6.45) is 5.82. The summed E-state index contributed by atoms with van der Waals surface area (Å²) in [6, 6.07) is 19.7. The monoisotopic (exact) mass is 327 g/mol. The zero-order valence-corrected chi connectivity index (χ0v) is 14.8. The van der Waals surface area contributed by atoms with Crippen LogP contribution in [0, 0.1) is 0 Å². The van der Waals surface area contributed by atoms with Gasteiger partial charge in [0.25, 0.3) is 0 Å². The predicted octanol–water partition coefficient (Wildman–Crippen LogP) is 5.01. The lowest BCUT2D eigenvalue weighted by Crippen LogP contribution is -2.28. The maximum atomic E-state index is 6.37. The third-order valence-corrected chi connectivity index (χ3v) is 5.41. The molecule has 1 aliphatic heterocycles. The van der Waals surface area contributed by atoms with Crippen LogP contribution in [-0.2, 0) is 0 Å². The minimum Gasteiger partial charge on any atom is -0.486 e. The third kappa shape index (κ3) is 4.30. The van der Waals surface area contributed by atoms with Crippen molar-refractivity contribution in [2.45, 2.75) is 36.3 Å². The highest BCUT2D eigenvalue weighted by molar-refractivity contribution is 7.98. The Kier molecular flexibility index (Phi) is 5.63. The van der Waals surface area contributed by atoms with Gasteiger partial charge in [-0.2, -0.15) is 0 Å². The molecule has 2 nitrogen and oxygen atoms in total. The van der Waals surface area contributed by atoms with Crippen LogP contribution < -0.4 is 4.74 Å². The molecule has 0 N–H and O–H groups in total. The predicted molar refractivity (Wildman–Crippen MR) is 98.3 cm³/mol. The molecule has 0 spiro atoms. The molecule has 1 fully saturated rings. The largest absolute Gasteiger partial charge is 0.486 e. The van der Waals surface area contributed by atoms with E-state index in [4.69, 9.17) is 4.74 Å². The van der Waals surface area contributed by atoms with Crippen molar-refractivity contribution in [3.63, 3.8) is 0 Å². The number of nitrogens with zero attached hydrogens (tertiary/aromatic N) is 1. The van der Waals surface area contributed by atoms with Crippen molar-refractivity contribution < 1.29 is 4.74 Å². The number of hydrogen-bond donors (Lipinski definition) is 0. The quantitative estimate of drug-likeness (QED) is 0.692. The Morgan fingerprint density at radius 1 is 1.13 bits per heavy atom. The summed E-state index contributed by atoms with van der Waals surface area (Å²) in [5, 5.41) is 0. The molecule has 2 aromatic rings.